The molecule has 0 aromatic heterocycles. The van der Waals surface area contributed by atoms with E-state index in [-0.39, 0.29) is 0 Å². The minimum Gasteiger partial charge on any atom is -0.382 e. The Morgan fingerprint density at radius 1 is 1.27 bits per heavy atom. The summed E-state index contributed by atoms with van der Waals surface area (Å²) in [5, 5.41) is 4.42. The minimum atomic E-state index is 0.692. The van der Waals surface area contributed by atoms with Gasteiger partial charge in [0.15, 0.2) is 0 Å². The smallest absolute Gasteiger partial charge is 0.0700 e. The molecule has 0 aromatic carbocycles. The van der Waals surface area contributed by atoms with Crippen LogP contribution in [0, 0.1) is 0 Å². The van der Waals surface area contributed by atoms with Crippen LogP contribution in [0.25, 0.3) is 0 Å². The van der Waals surface area contributed by atoms with Crippen molar-refractivity contribution < 1.29 is 9.47 Å². The molecule has 15 heavy (non-hydrogen) atoms. The predicted molar refractivity (Wildman–Crippen MR) is 65.6 cm³/mol. The maximum atomic E-state index is 5.39. The molecule has 2 unspecified atom stereocenters. The van der Waals surface area contributed by atoms with Gasteiger partial charge in [0.05, 0.1) is 19.8 Å². The summed E-state index contributed by atoms with van der Waals surface area (Å²) in [5.41, 5.74) is 0. The first-order valence-corrected chi connectivity index (χ1v) is 6.98. The average Bonchev–Trinajstić information content (AvgIpc) is 2.71. The SMILES string of the molecule is COCCOCCNC1CCC(SC)C1. The Kier molecular flexibility index (Phi) is 7.44. The fraction of sp³-hybridized carbons (Fsp3) is 1.00. The van der Waals surface area contributed by atoms with E-state index in [1.807, 2.05) is 11.8 Å². The summed E-state index contributed by atoms with van der Waals surface area (Å²) in [4.78, 5) is 0. The zero-order valence-corrected chi connectivity index (χ0v) is 10.6. The van der Waals surface area contributed by atoms with Gasteiger partial charge >= 0.3 is 0 Å². The molecule has 0 spiro atoms. The Morgan fingerprint density at radius 3 is 2.80 bits per heavy atom. The van der Waals surface area contributed by atoms with Crippen LogP contribution in [-0.4, -0.2) is 51.0 Å². The first kappa shape index (κ1) is 13.3. The number of nitrogens with one attached hydrogen (secondary N) is 1. The molecular weight excluding hydrogens is 210 g/mol. The van der Waals surface area contributed by atoms with Crippen molar-refractivity contribution in [2.45, 2.75) is 30.6 Å². The summed E-state index contributed by atoms with van der Waals surface area (Å²) in [5.74, 6) is 0. The Hall–Kier alpha value is 0.230. The van der Waals surface area contributed by atoms with E-state index in [4.69, 9.17) is 9.47 Å². The monoisotopic (exact) mass is 233 g/mol. The van der Waals surface area contributed by atoms with Crippen molar-refractivity contribution in [3.63, 3.8) is 0 Å². The third kappa shape index (κ3) is 5.76. The van der Waals surface area contributed by atoms with E-state index in [9.17, 15) is 0 Å². The molecule has 0 saturated heterocycles. The van der Waals surface area contributed by atoms with Gasteiger partial charge in [0.1, 0.15) is 0 Å². The van der Waals surface area contributed by atoms with E-state index >= 15 is 0 Å². The van der Waals surface area contributed by atoms with Gasteiger partial charge in [-0.2, -0.15) is 11.8 Å². The lowest BCUT2D eigenvalue weighted by molar-refractivity contribution is 0.0711. The van der Waals surface area contributed by atoms with Crippen molar-refractivity contribution in [2.24, 2.45) is 0 Å². The molecule has 0 bridgehead atoms. The van der Waals surface area contributed by atoms with E-state index in [0.717, 1.165) is 18.4 Å². The maximum Gasteiger partial charge on any atom is 0.0700 e. The predicted octanol–water partition coefficient (Wildman–Crippen LogP) is 1.52. The van der Waals surface area contributed by atoms with Crippen LogP contribution >= 0.6 is 11.8 Å². The van der Waals surface area contributed by atoms with Crippen molar-refractivity contribution in [3.05, 3.63) is 0 Å². The number of methoxy groups -OCH3 is 1. The molecule has 1 N–H and O–H groups in total. The molecule has 3 nitrogen and oxygen atoms in total. The second kappa shape index (κ2) is 8.39. The third-order valence-electron chi connectivity index (χ3n) is 2.83. The van der Waals surface area contributed by atoms with Crippen LogP contribution in [-0.2, 0) is 9.47 Å². The highest BCUT2D eigenvalue weighted by atomic mass is 32.2. The Bertz CT molecular complexity index is 158. The van der Waals surface area contributed by atoms with E-state index in [1.54, 1.807) is 7.11 Å². The zero-order chi connectivity index (χ0) is 10.9. The van der Waals surface area contributed by atoms with Crippen molar-refractivity contribution in [1.29, 1.82) is 0 Å². The molecule has 0 radical (unpaired) electrons. The highest BCUT2D eigenvalue weighted by molar-refractivity contribution is 7.99. The van der Waals surface area contributed by atoms with Crippen molar-refractivity contribution >= 4 is 11.8 Å². The molecule has 1 rings (SSSR count). The molecule has 1 fully saturated rings. The maximum absolute atomic E-state index is 5.39. The number of ether oxygens (including phenoxy) is 2. The lowest BCUT2D eigenvalue weighted by Gasteiger charge is -2.12. The van der Waals surface area contributed by atoms with Crippen LogP contribution in [0.5, 0.6) is 0 Å². The summed E-state index contributed by atoms with van der Waals surface area (Å²) in [6.45, 7) is 3.16. The summed E-state index contributed by atoms with van der Waals surface area (Å²) in [7, 11) is 1.70. The zero-order valence-electron chi connectivity index (χ0n) is 9.83. The normalized spacial score (nSPS) is 26.0. The molecular formula is C11H23NO2S. The van der Waals surface area contributed by atoms with Gasteiger partial charge in [-0.25, -0.2) is 0 Å². The van der Waals surface area contributed by atoms with E-state index in [1.165, 1.54) is 19.3 Å². The first-order valence-electron chi connectivity index (χ1n) is 5.69. The van der Waals surface area contributed by atoms with Gasteiger partial charge in [-0.05, 0) is 25.5 Å². The summed E-state index contributed by atoms with van der Waals surface area (Å²) >= 11 is 2.00. The number of hydrogen-bond acceptors (Lipinski definition) is 4. The lowest BCUT2D eigenvalue weighted by Crippen LogP contribution is -2.30. The van der Waals surface area contributed by atoms with Gasteiger partial charge in [-0.3, -0.25) is 0 Å². The number of hydrogen-bond donors (Lipinski definition) is 1. The van der Waals surface area contributed by atoms with E-state index in [0.29, 0.717) is 19.3 Å². The second-order valence-electron chi connectivity index (χ2n) is 3.93. The highest BCUT2D eigenvalue weighted by Gasteiger charge is 2.22. The van der Waals surface area contributed by atoms with Crippen LogP contribution in [0.2, 0.25) is 0 Å². The molecule has 2 atom stereocenters. The van der Waals surface area contributed by atoms with Crippen LogP contribution in [0.3, 0.4) is 0 Å². The molecule has 0 heterocycles. The second-order valence-corrected chi connectivity index (χ2v) is 5.07. The molecule has 1 aliphatic rings. The molecule has 0 amide bonds. The fourth-order valence-electron chi connectivity index (χ4n) is 1.92. The standard InChI is InChI=1S/C11H23NO2S/c1-13-7-8-14-6-5-12-10-3-4-11(9-10)15-2/h10-12H,3-9H2,1-2H3. The molecule has 0 aliphatic heterocycles. The summed E-state index contributed by atoms with van der Waals surface area (Å²) < 4.78 is 10.3. The van der Waals surface area contributed by atoms with E-state index in [2.05, 4.69) is 11.6 Å². The van der Waals surface area contributed by atoms with Crippen molar-refractivity contribution in [3.8, 4) is 0 Å². The van der Waals surface area contributed by atoms with Crippen LogP contribution in [0.4, 0.5) is 0 Å². The average molecular weight is 233 g/mol. The van der Waals surface area contributed by atoms with Gasteiger partial charge in [0.25, 0.3) is 0 Å². The van der Waals surface area contributed by atoms with Gasteiger partial charge in [-0.1, -0.05) is 0 Å². The molecule has 90 valence electrons. The van der Waals surface area contributed by atoms with Crippen molar-refractivity contribution in [2.75, 3.05) is 39.7 Å². The topological polar surface area (TPSA) is 30.5 Å². The fourth-order valence-corrected chi connectivity index (χ4v) is 2.72. The largest absolute Gasteiger partial charge is 0.382 e. The first-order chi connectivity index (χ1) is 7.36. The van der Waals surface area contributed by atoms with E-state index < -0.39 is 0 Å². The molecule has 4 heteroatoms. The number of rotatable bonds is 8. The summed E-state index contributed by atoms with van der Waals surface area (Å²) in [6.07, 6.45) is 6.22. The number of thioether (sulfide) groups is 1. The molecule has 1 saturated carbocycles. The van der Waals surface area contributed by atoms with Gasteiger partial charge in [-0.15, -0.1) is 0 Å². The van der Waals surface area contributed by atoms with Crippen molar-refractivity contribution in [1.82, 2.24) is 5.32 Å². The van der Waals surface area contributed by atoms with Gasteiger partial charge in [0.2, 0.25) is 0 Å². The minimum absolute atomic E-state index is 0.692. The third-order valence-corrected chi connectivity index (χ3v) is 3.92. The molecule has 1 aliphatic carbocycles. The van der Waals surface area contributed by atoms with Gasteiger partial charge < -0.3 is 14.8 Å². The molecule has 0 aromatic rings. The highest BCUT2D eigenvalue weighted by Crippen LogP contribution is 2.27. The Labute approximate surface area is 97.3 Å². The lowest BCUT2D eigenvalue weighted by atomic mass is 10.2. The van der Waals surface area contributed by atoms with Gasteiger partial charge in [0, 0.05) is 24.9 Å². The quantitative estimate of drug-likeness (QED) is 0.644. The Balaban J connectivity index is 1.88. The summed E-state index contributed by atoms with van der Waals surface area (Å²) in [6, 6.07) is 0.716. The Morgan fingerprint density at radius 2 is 2.13 bits per heavy atom. The van der Waals surface area contributed by atoms with Crippen LogP contribution < -0.4 is 5.32 Å². The van der Waals surface area contributed by atoms with Crippen LogP contribution in [0.15, 0.2) is 0 Å². The van der Waals surface area contributed by atoms with Crippen LogP contribution in [0.1, 0.15) is 19.3 Å².